The van der Waals surface area contributed by atoms with E-state index in [2.05, 4.69) is 11.9 Å². The van der Waals surface area contributed by atoms with Crippen molar-refractivity contribution in [2.24, 2.45) is 5.92 Å². The number of rotatable bonds is 9. The van der Waals surface area contributed by atoms with Gasteiger partial charge in [-0.05, 0) is 32.4 Å². The first-order valence-electron chi connectivity index (χ1n) is 14.0. The highest BCUT2D eigenvalue weighted by atomic mass is 32.1. The monoisotopic (exact) mass is 611 g/mol. The molecule has 2 aliphatic rings. The predicted octanol–water partition coefficient (Wildman–Crippen LogP) is 3.58. The quantitative estimate of drug-likeness (QED) is 0.298. The van der Waals surface area contributed by atoms with Crippen LogP contribution in [-0.4, -0.2) is 63.8 Å². The number of oxazole rings is 1. The van der Waals surface area contributed by atoms with E-state index < -0.39 is 35.0 Å². The van der Waals surface area contributed by atoms with Gasteiger partial charge in [-0.1, -0.05) is 25.1 Å². The van der Waals surface area contributed by atoms with Crippen LogP contribution in [0.5, 0.6) is 5.75 Å². The van der Waals surface area contributed by atoms with Gasteiger partial charge in [0.1, 0.15) is 40.7 Å². The first-order chi connectivity index (χ1) is 20.5. The van der Waals surface area contributed by atoms with E-state index in [9.17, 15) is 19.5 Å². The maximum atomic E-state index is 14.2. The van der Waals surface area contributed by atoms with Crippen molar-refractivity contribution in [2.45, 2.75) is 64.2 Å². The molecule has 0 saturated carbocycles. The molecule has 0 aliphatic carbocycles. The largest absolute Gasteiger partial charge is 0.496 e. The molecule has 43 heavy (non-hydrogen) atoms. The number of nitrogens with zero attached hydrogens (tertiary/aromatic N) is 3. The molecule has 6 rings (SSSR count). The summed E-state index contributed by atoms with van der Waals surface area (Å²) in [4.78, 5) is 45.6. The summed E-state index contributed by atoms with van der Waals surface area (Å²) in [6.07, 6.45) is 1.36. The van der Waals surface area contributed by atoms with E-state index >= 15 is 0 Å². The Labute approximate surface area is 250 Å². The highest BCUT2D eigenvalue weighted by molar-refractivity contribution is 7.22. The van der Waals surface area contributed by atoms with Crippen molar-refractivity contribution in [3.8, 4) is 16.5 Å². The van der Waals surface area contributed by atoms with E-state index in [4.69, 9.17) is 23.4 Å². The minimum absolute atomic E-state index is 0.0555. The number of aliphatic carboxylic acids is 1. The Morgan fingerprint density at radius 1 is 1.21 bits per heavy atom. The molecule has 5 heterocycles. The number of hydrogen-bond acceptors (Lipinski definition) is 10. The van der Waals surface area contributed by atoms with Crippen molar-refractivity contribution in [3.05, 3.63) is 68.7 Å². The summed E-state index contributed by atoms with van der Waals surface area (Å²) in [6.45, 7) is 7.27. The molecule has 13 heteroatoms. The summed E-state index contributed by atoms with van der Waals surface area (Å²) >= 11 is 1.18. The van der Waals surface area contributed by atoms with Crippen LogP contribution in [0.15, 0.2) is 50.7 Å². The van der Waals surface area contributed by atoms with Gasteiger partial charge in [0.2, 0.25) is 5.89 Å². The Morgan fingerprint density at radius 3 is 2.65 bits per heavy atom. The van der Waals surface area contributed by atoms with Gasteiger partial charge in [-0.2, -0.15) is 0 Å². The van der Waals surface area contributed by atoms with Crippen LogP contribution in [-0.2, 0) is 31.1 Å². The van der Waals surface area contributed by atoms with E-state index in [1.807, 2.05) is 18.2 Å². The zero-order chi connectivity index (χ0) is 30.6. The van der Waals surface area contributed by atoms with E-state index in [1.165, 1.54) is 42.2 Å². The molecule has 0 amide bonds. The van der Waals surface area contributed by atoms with Crippen LogP contribution >= 0.6 is 11.3 Å². The lowest BCUT2D eigenvalue weighted by molar-refractivity contribution is -0.146. The molecule has 3 aromatic heterocycles. The summed E-state index contributed by atoms with van der Waals surface area (Å²) in [5.41, 5.74) is -2.12. The number of fused-ring (bicyclic) bond motifs is 2. The van der Waals surface area contributed by atoms with Crippen molar-refractivity contribution in [1.29, 1.82) is 0 Å². The number of para-hydroxylation sites is 1. The average Bonchev–Trinajstić information content (AvgIpc) is 3.77. The zero-order valence-electron chi connectivity index (χ0n) is 24.4. The molecule has 0 bridgehead atoms. The molecule has 4 aromatic rings. The third-order valence-electron chi connectivity index (χ3n) is 8.35. The van der Waals surface area contributed by atoms with E-state index in [0.717, 1.165) is 4.57 Å². The Morgan fingerprint density at radius 2 is 1.95 bits per heavy atom. The maximum Gasteiger partial charge on any atom is 0.333 e. The molecule has 228 valence electrons. The van der Waals surface area contributed by atoms with Gasteiger partial charge in [-0.15, -0.1) is 11.3 Å². The standard InChI is InChI=1S/C30H33N3O9S/c1-15-13-40-23-20(14-41-22(15)23)42-19(17-8-6-7-9-18(17)38-5)12-32-27-21(16(2)24(43-27)25-31-10-11-39-25)26(34)33(29(32)37)30(3,4)28(35)36/h6-11,15,19-20,22-23H,12-14H2,1-5H3,(H,35,36)/t15-,19?,20-,22?,23?/m0/s1. The lowest BCUT2D eigenvalue weighted by Gasteiger charge is -2.28. The van der Waals surface area contributed by atoms with E-state index in [-0.39, 0.29) is 30.1 Å². The summed E-state index contributed by atoms with van der Waals surface area (Å²) in [5, 5.41) is 10.3. The average molecular weight is 612 g/mol. The number of thiophene rings is 1. The number of carboxylic acids is 1. The topological polar surface area (TPSA) is 144 Å². The van der Waals surface area contributed by atoms with Crippen molar-refractivity contribution in [1.82, 2.24) is 14.1 Å². The van der Waals surface area contributed by atoms with Crippen LogP contribution in [0.2, 0.25) is 0 Å². The summed E-state index contributed by atoms with van der Waals surface area (Å²) in [5.74, 6) is -0.261. The van der Waals surface area contributed by atoms with E-state index in [0.29, 0.717) is 45.7 Å². The molecule has 2 aliphatic heterocycles. The smallest absolute Gasteiger partial charge is 0.333 e. The van der Waals surface area contributed by atoms with Crippen molar-refractivity contribution in [3.63, 3.8) is 0 Å². The lowest BCUT2D eigenvalue weighted by atomic mass is 10.0. The highest BCUT2D eigenvalue weighted by Crippen LogP contribution is 2.39. The van der Waals surface area contributed by atoms with Crippen LogP contribution in [0.3, 0.4) is 0 Å². The third-order valence-corrected chi connectivity index (χ3v) is 9.65. The molecule has 5 atom stereocenters. The van der Waals surface area contributed by atoms with E-state index in [1.54, 1.807) is 20.1 Å². The van der Waals surface area contributed by atoms with Gasteiger partial charge < -0.3 is 28.5 Å². The Bertz CT molecular complexity index is 1790. The van der Waals surface area contributed by atoms with Crippen molar-refractivity contribution >= 4 is 27.5 Å². The van der Waals surface area contributed by atoms with Crippen LogP contribution in [0.25, 0.3) is 21.0 Å². The Balaban J connectivity index is 1.55. The lowest BCUT2D eigenvalue weighted by Crippen LogP contribution is -2.52. The minimum Gasteiger partial charge on any atom is -0.496 e. The molecule has 12 nitrogen and oxygen atoms in total. The summed E-state index contributed by atoms with van der Waals surface area (Å²) in [6, 6.07) is 7.34. The second kappa shape index (κ2) is 11.1. The van der Waals surface area contributed by atoms with Crippen molar-refractivity contribution < 1.29 is 33.3 Å². The predicted molar refractivity (Wildman–Crippen MR) is 157 cm³/mol. The molecule has 0 radical (unpaired) electrons. The van der Waals surface area contributed by atoms with Crippen molar-refractivity contribution in [2.75, 3.05) is 20.3 Å². The first-order valence-corrected chi connectivity index (χ1v) is 14.8. The molecular formula is C30H33N3O9S. The van der Waals surface area contributed by atoms with Gasteiger partial charge in [0, 0.05) is 11.5 Å². The van der Waals surface area contributed by atoms with Crippen LogP contribution < -0.4 is 16.0 Å². The molecule has 1 N–H and O–H groups in total. The fourth-order valence-electron chi connectivity index (χ4n) is 5.93. The summed E-state index contributed by atoms with van der Waals surface area (Å²) < 4.78 is 32.2. The minimum atomic E-state index is -1.84. The third kappa shape index (κ3) is 4.80. The fourth-order valence-corrected chi connectivity index (χ4v) is 7.17. The normalized spacial score (nSPS) is 22.6. The van der Waals surface area contributed by atoms with Gasteiger partial charge in [0.15, 0.2) is 0 Å². The SMILES string of the molecule is COc1ccccc1C(Cn1c(=O)n(C(C)(C)C(=O)O)c(=O)c2c(C)c(-c3ncco3)sc21)O[C@H]1COC2C1OC[C@@H]2C. The Kier molecular flexibility index (Phi) is 7.53. The fraction of sp³-hybridized carbons (Fsp3) is 0.467. The Hall–Kier alpha value is -3.78. The van der Waals surface area contributed by atoms with Gasteiger partial charge >= 0.3 is 11.7 Å². The maximum absolute atomic E-state index is 14.2. The number of ether oxygens (including phenoxy) is 4. The number of carboxylic acid groups (broad SMARTS) is 1. The molecule has 0 spiro atoms. The second-order valence-electron chi connectivity index (χ2n) is 11.4. The van der Waals surface area contributed by atoms with Crippen LogP contribution in [0.4, 0.5) is 0 Å². The van der Waals surface area contributed by atoms with Gasteiger partial charge in [-0.3, -0.25) is 9.36 Å². The number of benzene rings is 1. The van der Waals surface area contributed by atoms with Crippen LogP contribution in [0.1, 0.15) is 38.0 Å². The highest BCUT2D eigenvalue weighted by Gasteiger charge is 2.47. The number of methoxy groups -OCH3 is 1. The van der Waals surface area contributed by atoms with Gasteiger partial charge in [0.25, 0.3) is 5.56 Å². The second-order valence-corrected chi connectivity index (χ2v) is 12.4. The molecule has 3 unspecified atom stereocenters. The molecule has 2 fully saturated rings. The van der Waals surface area contributed by atoms with Gasteiger partial charge in [0.05, 0.1) is 49.4 Å². The zero-order valence-corrected chi connectivity index (χ0v) is 25.3. The van der Waals surface area contributed by atoms with Crippen LogP contribution in [0, 0.1) is 12.8 Å². The van der Waals surface area contributed by atoms with Gasteiger partial charge in [-0.25, -0.2) is 19.1 Å². The number of aryl methyl sites for hydroxylation is 1. The number of hydrogen-bond donors (Lipinski definition) is 1. The molecule has 2 saturated heterocycles. The molecule has 1 aromatic carbocycles. The molecular weight excluding hydrogens is 578 g/mol. The summed E-state index contributed by atoms with van der Waals surface area (Å²) in [7, 11) is 1.55. The first kappa shape index (κ1) is 29.3. The number of carbonyl (C=O) groups is 1. The number of aromatic nitrogens is 3.